The van der Waals surface area contributed by atoms with Gasteiger partial charge in [-0.25, -0.2) is 5.43 Å². The number of nitrogens with zero attached hydrogens (tertiary/aromatic N) is 2. The van der Waals surface area contributed by atoms with E-state index in [9.17, 15) is 9.90 Å². The quantitative estimate of drug-likeness (QED) is 0.510. The molecule has 1 aromatic heterocycles. The van der Waals surface area contributed by atoms with Crippen molar-refractivity contribution in [3.05, 3.63) is 71.4 Å². The first-order valence-corrected chi connectivity index (χ1v) is 7.38. The highest BCUT2D eigenvalue weighted by Crippen LogP contribution is 2.22. The molecule has 6 nitrogen and oxygen atoms in total. The molecule has 1 amide bonds. The molecule has 0 fully saturated rings. The molecule has 3 rings (SSSR count). The molecule has 2 aromatic carbocycles. The molecule has 0 atom stereocenters. The van der Waals surface area contributed by atoms with Gasteiger partial charge in [0.15, 0.2) is 0 Å². The number of phenolic OH excluding ortho intramolecular Hbond substituents is 1. The number of carbonyl (C=O) groups excluding carboxylic acids is 1. The molecule has 0 aliphatic heterocycles. The summed E-state index contributed by atoms with van der Waals surface area (Å²) >= 11 is 0. The molecule has 3 aromatic rings. The first kappa shape index (κ1) is 15.5. The normalized spacial score (nSPS) is 10.9. The fraction of sp³-hybridized carbons (Fsp3) is 0.0556. The number of aromatic hydroxyl groups is 1. The Morgan fingerprint density at radius 1 is 1.21 bits per heavy atom. The Balaban J connectivity index is 1.73. The van der Waals surface area contributed by atoms with Crippen molar-refractivity contribution in [2.75, 3.05) is 0 Å². The highest BCUT2D eigenvalue weighted by atomic mass is 16.3. The number of hydrazone groups is 1. The lowest BCUT2D eigenvalue weighted by molar-refractivity contribution is 0.0949. The maximum Gasteiger partial charge on any atom is 0.289 e. The molecule has 0 radical (unpaired) electrons. The number of H-pyrrole nitrogens is 1. The fourth-order valence-electron chi connectivity index (χ4n) is 2.32. The number of aromatic amines is 1. The summed E-state index contributed by atoms with van der Waals surface area (Å²) in [6, 6.07) is 16.2. The van der Waals surface area contributed by atoms with E-state index in [1.54, 1.807) is 24.3 Å². The molecule has 0 spiro atoms. The number of hydrogen-bond acceptors (Lipinski definition) is 4. The van der Waals surface area contributed by atoms with Crippen molar-refractivity contribution in [2.45, 2.75) is 6.92 Å². The third-order valence-corrected chi connectivity index (χ3v) is 3.53. The highest BCUT2D eigenvalue weighted by Gasteiger charge is 2.16. The SMILES string of the molecule is Cc1c(-c2ccccc2)n[nH]c1C(=O)N/N=C/c1cccc(O)c1. The Bertz CT molecular complexity index is 885. The minimum Gasteiger partial charge on any atom is -0.508 e. The second kappa shape index (κ2) is 6.78. The van der Waals surface area contributed by atoms with Crippen molar-refractivity contribution >= 4 is 12.1 Å². The lowest BCUT2D eigenvalue weighted by Crippen LogP contribution is -2.19. The van der Waals surface area contributed by atoms with Crippen molar-refractivity contribution in [2.24, 2.45) is 5.10 Å². The molecule has 24 heavy (non-hydrogen) atoms. The first-order chi connectivity index (χ1) is 11.6. The maximum atomic E-state index is 12.2. The van der Waals surface area contributed by atoms with Crippen LogP contribution in [0.4, 0.5) is 0 Å². The van der Waals surface area contributed by atoms with Gasteiger partial charge in [0.05, 0.1) is 11.9 Å². The Kier molecular flexibility index (Phi) is 4.38. The van der Waals surface area contributed by atoms with Crippen LogP contribution in [0, 0.1) is 6.92 Å². The number of phenols is 1. The van der Waals surface area contributed by atoms with Gasteiger partial charge < -0.3 is 5.11 Å². The van der Waals surface area contributed by atoms with Gasteiger partial charge in [-0.3, -0.25) is 9.89 Å². The predicted octanol–water partition coefficient (Wildman–Crippen LogP) is 2.85. The lowest BCUT2D eigenvalue weighted by Gasteiger charge is -2.00. The molecule has 1 heterocycles. The molecule has 6 heteroatoms. The molecule has 0 saturated heterocycles. The van der Waals surface area contributed by atoms with E-state index in [1.165, 1.54) is 6.21 Å². The van der Waals surface area contributed by atoms with Crippen LogP contribution in [0.15, 0.2) is 59.7 Å². The lowest BCUT2D eigenvalue weighted by atomic mass is 10.1. The first-order valence-electron chi connectivity index (χ1n) is 7.38. The molecule has 0 unspecified atom stereocenters. The standard InChI is InChI=1S/C18H16N4O2/c1-12-16(14-7-3-2-4-8-14)20-21-17(12)18(24)22-19-11-13-6-5-9-15(23)10-13/h2-11,23H,1H3,(H,20,21)(H,22,24)/b19-11+. The number of amides is 1. The van der Waals surface area contributed by atoms with E-state index >= 15 is 0 Å². The maximum absolute atomic E-state index is 12.2. The van der Waals surface area contributed by atoms with Gasteiger partial charge in [-0.2, -0.15) is 10.2 Å². The zero-order chi connectivity index (χ0) is 16.9. The summed E-state index contributed by atoms with van der Waals surface area (Å²) in [7, 11) is 0. The average molecular weight is 320 g/mol. The number of benzene rings is 2. The second-order valence-electron chi connectivity index (χ2n) is 5.23. The number of hydrogen-bond donors (Lipinski definition) is 3. The van der Waals surface area contributed by atoms with Gasteiger partial charge in [-0.15, -0.1) is 0 Å². The number of carbonyl (C=O) groups is 1. The molecule has 0 aliphatic carbocycles. The largest absolute Gasteiger partial charge is 0.508 e. The summed E-state index contributed by atoms with van der Waals surface area (Å²) in [6.07, 6.45) is 1.46. The Labute approximate surface area is 138 Å². The van der Waals surface area contributed by atoms with E-state index in [0.29, 0.717) is 11.3 Å². The van der Waals surface area contributed by atoms with Gasteiger partial charge >= 0.3 is 0 Å². The van der Waals surface area contributed by atoms with Gasteiger partial charge in [0, 0.05) is 11.1 Å². The van der Waals surface area contributed by atoms with Crippen molar-refractivity contribution in [3.63, 3.8) is 0 Å². The highest BCUT2D eigenvalue weighted by molar-refractivity contribution is 5.96. The van der Waals surface area contributed by atoms with Crippen molar-refractivity contribution < 1.29 is 9.90 Å². The Hall–Kier alpha value is -3.41. The monoisotopic (exact) mass is 320 g/mol. The third kappa shape index (κ3) is 3.33. The summed E-state index contributed by atoms with van der Waals surface area (Å²) in [5.74, 6) is -0.235. The zero-order valence-corrected chi connectivity index (χ0v) is 13.0. The van der Waals surface area contributed by atoms with Crippen LogP contribution in [-0.4, -0.2) is 27.4 Å². The van der Waals surface area contributed by atoms with Crippen LogP contribution in [0.1, 0.15) is 21.6 Å². The van der Waals surface area contributed by atoms with Gasteiger partial charge in [0.1, 0.15) is 11.4 Å². The van der Waals surface area contributed by atoms with Crippen molar-refractivity contribution in [1.29, 1.82) is 0 Å². The van der Waals surface area contributed by atoms with E-state index in [-0.39, 0.29) is 11.7 Å². The zero-order valence-electron chi connectivity index (χ0n) is 13.0. The van der Waals surface area contributed by atoms with Gasteiger partial charge in [0.2, 0.25) is 0 Å². The summed E-state index contributed by atoms with van der Waals surface area (Å²) in [5.41, 5.74) is 5.92. The van der Waals surface area contributed by atoms with Crippen LogP contribution < -0.4 is 5.43 Å². The van der Waals surface area contributed by atoms with E-state index in [0.717, 1.165) is 16.8 Å². The van der Waals surface area contributed by atoms with Crippen LogP contribution in [-0.2, 0) is 0 Å². The minimum atomic E-state index is -0.376. The number of rotatable bonds is 4. The number of nitrogens with one attached hydrogen (secondary N) is 2. The molecule has 120 valence electrons. The van der Waals surface area contributed by atoms with Crippen LogP contribution in [0.5, 0.6) is 5.75 Å². The smallest absolute Gasteiger partial charge is 0.289 e. The Morgan fingerprint density at radius 3 is 2.75 bits per heavy atom. The molecule has 3 N–H and O–H groups in total. The van der Waals surface area contributed by atoms with Crippen LogP contribution in [0.2, 0.25) is 0 Å². The topological polar surface area (TPSA) is 90.4 Å². The fourth-order valence-corrected chi connectivity index (χ4v) is 2.32. The molecule has 0 saturated carbocycles. The summed E-state index contributed by atoms with van der Waals surface area (Å²) in [4.78, 5) is 12.2. The molecule has 0 aliphatic rings. The Morgan fingerprint density at radius 2 is 2.00 bits per heavy atom. The van der Waals surface area contributed by atoms with Crippen molar-refractivity contribution in [1.82, 2.24) is 15.6 Å². The minimum absolute atomic E-state index is 0.141. The second-order valence-corrected chi connectivity index (χ2v) is 5.23. The summed E-state index contributed by atoms with van der Waals surface area (Å²) in [6.45, 7) is 1.83. The molecule has 0 bridgehead atoms. The summed E-state index contributed by atoms with van der Waals surface area (Å²) in [5, 5.41) is 20.3. The predicted molar refractivity (Wildman–Crippen MR) is 91.9 cm³/mol. The summed E-state index contributed by atoms with van der Waals surface area (Å²) < 4.78 is 0. The van der Waals surface area contributed by atoms with Crippen LogP contribution in [0.3, 0.4) is 0 Å². The van der Waals surface area contributed by atoms with E-state index in [1.807, 2.05) is 37.3 Å². The third-order valence-electron chi connectivity index (χ3n) is 3.53. The van der Waals surface area contributed by atoms with E-state index in [2.05, 4.69) is 20.7 Å². The molecular weight excluding hydrogens is 304 g/mol. The van der Waals surface area contributed by atoms with E-state index in [4.69, 9.17) is 0 Å². The van der Waals surface area contributed by atoms with Gasteiger partial charge in [0.25, 0.3) is 5.91 Å². The number of aromatic nitrogens is 2. The molecular formula is C18H16N4O2. The van der Waals surface area contributed by atoms with Crippen molar-refractivity contribution in [3.8, 4) is 17.0 Å². The average Bonchev–Trinajstić information content (AvgIpc) is 2.97. The van der Waals surface area contributed by atoms with Crippen LogP contribution >= 0.6 is 0 Å². The van der Waals surface area contributed by atoms with Gasteiger partial charge in [-0.1, -0.05) is 42.5 Å². The van der Waals surface area contributed by atoms with Gasteiger partial charge in [-0.05, 0) is 24.6 Å². The van der Waals surface area contributed by atoms with E-state index < -0.39 is 0 Å². The van der Waals surface area contributed by atoms with Crippen LogP contribution in [0.25, 0.3) is 11.3 Å².